The van der Waals surface area contributed by atoms with Crippen molar-refractivity contribution < 1.29 is 9.53 Å². The van der Waals surface area contributed by atoms with E-state index >= 15 is 0 Å². The molecule has 9 nitrogen and oxygen atoms in total. The highest BCUT2D eigenvalue weighted by molar-refractivity contribution is 5.81. The number of nitrogens with zero attached hydrogens (tertiary/aromatic N) is 6. The third-order valence-electron chi connectivity index (χ3n) is 6.79. The van der Waals surface area contributed by atoms with Crippen molar-refractivity contribution in [2.75, 3.05) is 44.3 Å². The minimum atomic E-state index is -0.488. The lowest BCUT2D eigenvalue weighted by Crippen LogP contribution is -2.55. The third kappa shape index (κ3) is 3.03. The molecule has 0 spiro atoms. The standard InChI is InChI=1S/C22H24N6O3/c29-20-3-1-2-17-15-12-16(21(28(17)20)22(30)25-8-10-31-11-9-25)14-26(13-15)19-5-4-18-23-6-7-27(18)24-19/h1-7,15-16,21H,8-14H2/t15-,16+,21-/m1/s1. The van der Waals surface area contributed by atoms with E-state index in [4.69, 9.17) is 9.84 Å². The first kappa shape index (κ1) is 18.6. The zero-order valence-electron chi connectivity index (χ0n) is 17.1. The minimum absolute atomic E-state index is 0.0289. The molecule has 6 heterocycles. The summed E-state index contributed by atoms with van der Waals surface area (Å²) in [6.45, 7) is 3.69. The molecule has 3 aromatic heterocycles. The minimum Gasteiger partial charge on any atom is -0.378 e. The fourth-order valence-corrected chi connectivity index (χ4v) is 5.38. The predicted octanol–water partition coefficient (Wildman–Crippen LogP) is 0.915. The van der Waals surface area contributed by atoms with Crippen LogP contribution >= 0.6 is 0 Å². The van der Waals surface area contributed by atoms with Crippen LogP contribution in [0.1, 0.15) is 24.1 Å². The summed E-state index contributed by atoms with van der Waals surface area (Å²) in [5.41, 5.74) is 1.66. The average molecular weight is 420 g/mol. The zero-order valence-corrected chi connectivity index (χ0v) is 17.1. The fourth-order valence-electron chi connectivity index (χ4n) is 5.38. The Hall–Kier alpha value is -3.20. The molecule has 6 rings (SSSR count). The summed E-state index contributed by atoms with van der Waals surface area (Å²) < 4.78 is 8.97. The van der Waals surface area contributed by atoms with E-state index in [-0.39, 0.29) is 23.3 Å². The molecule has 0 aliphatic carbocycles. The molecule has 3 atom stereocenters. The van der Waals surface area contributed by atoms with Crippen LogP contribution < -0.4 is 10.5 Å². The van der Waals surface area contributed by atoms with Crippen molar-refractivity contribution in [3.05, 3.63) is 58.8 Å². The molecule has 31 heavy (non-hydrogen) atoms. The van der Waals surface area contributed by atoms with Crippen LogP contribution in [0.15, 0.2) is 47.5 Å². The second kappa shape index (κ2) is 7.19. The number of hydrogen-bond acceptors (Lipinski definition) is 6. The smallest absolute Gasteiger partial charge is 0.251 e. The number of amides is 1. The number of carbonyl (C=O) groups excluding carboxylic acids is 1. The molecule has 0 unspecified atom stereocenters. The van der Waals surface area contributed by atoms with Gasteiger partial charge in [0.15, 0.2) is 5.65 Å². The van der Waals surface area contributed by atoms with E-state index in [1.807, 2.05) is 29.3 Å². The third-order valence-corrected chi connectivity index (χ3v) is 6.79. The number of imidazole rings is 1. The molecule has 3 aromatic rings. The van der Waals surface area contributed by atoms with Gasteiger partial charge in [0.2, 0.25) is 5.91 Å². The fraction of sp³-hybridized carbons (Fsp3) is 0.455. The summed E-state index contributed by atoms with van der Waals surface area (Å²) in [5.74, 6) is 1.12. The maximum Gasteiger partial charge on any atom is 0.251 e. The quantitative estimate of drug-likeness (QED) is 0.613. The van der Waals surface area contributed by atoms with Gasteiger partial charge in [-0.1, -0.05) is 6.07 Å². The Morgan fingerprint density at radius 1 is 1.10 bits per heavy atom. The largest absolute Gasteiger partial charge is 0.378 e. The Morgan fingerprint density at radius 3 is 2.84 bits per heavy atom. The summed E-state index contributed by atoms with van der Waals surface area (Å²) >= 11 is 0. The zero-order chi connectivity index (χ0) is 20.9. The Bertz CT molecular complexity index is 1200. The molecule has 2 bridgehead atoms. The number of fused-ring (bicyclic) bond motifs is 5. The molecule has 1 amide bonds. The number of morpholine rings is 1. The number of piperidine rings is 1. The van der Waals surface area contributed by atoms with Crippen molar-refractivity contribution in [3.63, 3.8) is 0 Å². The second-order valence-electron chi connectivity index (χ2n) is 8.56. The molecular formula is C22H24N6O3. The predicted molar refractivity (Wildman–Crippen MR) is 113 cm³/mol. The average Bonchev–Trinajstić information content (AvgIpc) is 3.28. The molecular weight excluding hydrogens is 396 g/mol. The van der Waals surface area contributed by atoms with Gasteiger partial charge in [-0.15, -0.1) is 5.10 Å². The lowest BCUT2D eigenvalue weighted by atomic mass is 9.78. The van der Waals surface area contributed by atoms with Gasteiger partial charge in [-0.2, -0.15) is 0 Å². The van der Waals surface area contributed by atoms with Gasteiger partial charge in [0.25, 0.3) is 5.56 Å². The molecule has 160 valence electrons. The lowest BCUT2D eigenvalue weighted by molar-refractivity contribution is -0.141. The molecule has 0 radical (unpaired) electrons. The van der Waals surface area contributed by atoms with Crippen LogP contribution in [0.2, 0.25) is 0 Å². The van der Waals surface area contributed by atoms with Crippen LogP contribution in [0, 0.1) is 5.92 Å². The van der Waals surface area contributed by atoms with Gasteiger partial charge in [-0.05, 0) is 24.6 Å². The number of aromatic nitrogens is 4. The summed E-state index contributed by atoms with van der Waals surface area (Å²) in [4.78, 5) is 34.9. The van der Waals surface area contributed by atoms with Crippen molar-refractivity contribution in [2.24, 2.45) is 5.92 Å². The molecule has 3 aliphatic rings. The van der Waals surface area contributed by atoms with E-state index in [1.54, 1.807) is 27.4 Å². The first-order valence-electron chi connectivity index (χ1n) is 10.8. The van der Waals surface area contributed by atoms with E-state index in [9.17, 15) is 9.59 Å². The van der Waals surface area contributed by atoms with Crippen molar-refractivity contribution in [3.8, 4) is 0 Å². The van der Waals surface area contributed by atoms with Crippen molar-refractivity contribution in [1.29, 1.82) is 0 Å². The van der Waals surface area contributed by atoms with E-state index in [1.165, 1.54) is 0 Å². The summed E-state index contributed by atoms with van der Waals surface area (Å²) in [6.07, 6.45) is 4.47. The Labute approximate surface area is 178 Å². The highest BCUT2D eigenvalue weighted by atomic mass is 16.5. The number of hydrogen-bond donors (Lipinski definition) is 0. The highest BCUT2D eigenvalue weighted by Gasteiger charge is 2.45. The Kier molecular flexibility index (Phi) is 4.31. The number of rotatable bonds is 2. The van der Waals surface area contributed by atoms with Gasteiger partial charge in [-0.3, -0.25) is 14.2 Å². The number of carbonyl (C=O) groups is 1. The molecule has 0 N–H and O–H groups in total. The highest BCUT2D eigenvalue weighted by Crippen LogP contribution is 2.42. The van der Waals surface area contributed by atoms with Crippen LogP contribution in [0.3, 0.4) is 0 Å². The van der Waals surface area contributed by atoms with E-state index in [2.05, 4.69) is 9.88 Å². The van der Waals surface area contributed by atoms with Gasteiger partial charge >= 0.3 is 0 Å². The van der Waals surface area contributed by atoms with E-state index < -0.39 is 6.04 Å². The van der Waals surface area contributed by atoms with Crippen LogP contribution in [-0.4, -0.2) is 69.4 Å². The van der Waals surface area contributed by atoms with Crippen molar-refractivity contribution >= 4 is 17.4 Å². The SMILES string of the molecule is O=C([C@H]1[C@H]2C[C@H](CN(c3ccc4nccn4n3)C2)c2cccc(=O)n21)N1CCOCC1. The van der Waals surface area contributed by atoms with Gasteiger partial charge in [0.1, 0.15) is 11.9 Å². The number of ether oxygens (including phenoxy) is 1. The summed E-state index contributed by atoms with van der Waals surface area (Å²) in [6, 6.07) is 8.83. The van der Waals surface area contributed by atoms with Gasteiger partial charge in [-0.25, -0.2) is 9.50 Å². The van der Waals surface area contributed by atoms with Gasteiger partial charge < -0.3 is 14.5 Å². The van der Waals surface area contributed by atoms with Crippen LogP contribution in [0.4, 0.5) is 5.82 Å². The van der Waals surface area contributed by atoms with Gasteiger partial charge in [0.05, 0.1) is 13.2 Å². The van der Waals surface area contributed by atoms with E-state index in [0.717, 1.165) is 30.1 Å². The molecule has 9 heteroatoms. The summed E-state index contributed by atoms with van der Waals surface area (Å²) in [7, 11) is 0. The summed E-state index contributed by atoms with van der Waals surface area (Å²) in [5, 5.41) is 4.72. The topological polar surface area (TPSA) is 85.0 Å². The van der Waals surface area contributed by atoms with E-state index in [0.29, 0.717) is 32.8 Å². The maximum absolute atomic E-state index is 13.6. The maximum atomic E-state index is 13.6. The molecule has 3 aliphatic heterocycles. The first-order valence-corrected chi connectivity index (χ1v) is 10.8. The Balaban J connectivity index is 1.40. The first-order chi connectivity index (χ1) is 15.2. The van der Waals surface area contributed by atoms with Crippen molar-refractivity contribution in [2.45, 2.75) is 18.4 Å². The van der Waals surface area contributed by atoms with Crippen LogP contribution in [-0.2, 0) is 9.53 Å². The molecule has 2 saturated heterocycles. The monoisotopic (exact) mass is 420 g/mol. The van der Waals surface area contributed by atoms with Crippen LogP contribution in [0.25, 0.3) is 5.65 Å². The lowest BCUT2D eigenvalue weighted by Gasteiger charge is -2.47. The number of pyridine rings is 1. The normalized spacial score (nSPS) is 25.5. The number of anilines is 1. The molecule has 0 aromatic carbocycles. The molecule has 0 saturated carbocycles. The van der Waals surface area contributed by atoms with Crippen LogP contribution in [0.5, 0.6) is 0 Å². The van der Waals surface area contributed by atoms with Crippen molar-refractivity contribution in [1.82, 2.24) is 24.1 Å². The van der Waals surface area contributed by atoms with Gasteiger partial charge in [0, 0.05) is 62.2 Å². The Morgan fingerprint density at radius 2 is 1.97 bits per heavy atom. The molecule has 2 fully saturated rings. The second-order valence-corrected chi connectivity index (χ2v) is 8.56.